The molecule has 1 heterocycles. The van der Waals surface area contributed by atoms with Gasteiger partial charge in [-0.1, -0.05) is 44.9 Å². The number of likely N-dealkylation sites (tertiary alicyclic amines) is 1. The van der Waals surface area contributed by atoms with Crippen LogP contribution >= 0.6 is 0 Å². The zero-order valence-electron chi connectivity index (χ0n) is 12.5. The van der Waals surface area contributed by atoms with Crippen LogP contribution in [0.15, 0.2) is 24.3 Å². The van der Waals surface area contributed by atoms with Crippen LogP contribution in [0.4, 0.5) is 5.69 Å². The Balaban J connectivity index is 1.82. The minimum Gasteiger partial charge on any atom is -0.399 e. The summed E-state index contributed by atoms with van der Waals surface area (Å²) in [4.78, 5) is 2.61. The number of anilines is 1. The van der Waals surface area contributed by atoms with E-state index in [-0.39, 0.29) is 0 Å². The molecule has 1 aliphatic heterocycles. The summed E-state index contributed by atoms with van der Waals surface area (Å²) in [5.41, 5.74) is 8.87. The van der Waals surface area contributed by atoms with Crippen molar-refractivity contribution in [1.29, 1.82) is 0 Å². The summed E-state index contributed by atoms with van der Waals surface area (Å²) < 4.78 is 0. The van der Waals surface area contributed by atoms with Crippen molar-refractivity contribution in [3.05, 3.63) is 29.8 Å². The van der Waals surface area contributed by atoms with E-state index in [1.807, 2.05) is 12.1 Å². The van der Waals surface area contributed by atoms with E-state index in [9.17, 15) is 0 Å². The van der Waals surface area contributed by atoms with E-state index in [1.165, 1.54) is 44.3 Å². The van der Waals surface area contributed by atoms with E-state index >= 15 is 0 Å². The normalized spacial score (nSPS) is 19.5. The van der Waals surface area contributed by atoms with Gasteiger partial charge in [0.25, 0.3) is 0 Å². The molecule has 106 valence electrons. The van der Waals surface area contributed by atoms with Gasteiger partial charge in [-0.05, 0) is 49.4 Å². The van der Waals surface area contributed by atoms with Gasteiger partial charge in [0.05, 0.1) is 0 Å². The standard InChI is InChI=1S/C17H28N2/c1-3-17(4-2)10-13-19(14-11-17)12-9-15-7-5-6-8-16(15)18/h5-8H,3-4,9-14,18H2,1-2H3. The summed E-state index contributed by atoms with van der Waals surface area (Å²) in [5.74, 6) is 0. The summed E-state index contributed by atoms with van der Waals surface area (Å²) in [5, 5.41) is 0. The highest BCUT2D eigenvalue weighted by Crippen LogP contribution is 2.37. The Morgan fingerprint density at radius 1 is 1.11 bits per heavy atom. The quantitative estimate of drug-likeness (QED) is 0.818. The van der Waals surface area contributed by atoms with Gasteiger partial charge in [0.1, 0.15) is 0 Å². The molecule has 1 aromatic carbocycles. The van der Waals surface area contributed by atoms with E-state index in [2.05, 4.69) is 30.9 Å². The molecule has 0 unspecified atom stereocenters. The Morgan fingerprint density at radius 2 is 1.74 bits per heavy atom. The molecule has 1 aromatic rings. The fraction of sp³-hybridized carbons (Fsp3) is 0.647. The van der Waals surface area contributed by atoms with Gasteiger partial charge < -0.3 is 10.6 Å². The van der Waals surface area contributed by atoms with Crippen LogP contribution < -0.4 is 5.73 Å². The molecule has 0 radical (unpaired) electrons. The third-order valence-corrected chi connectivity index (χ3v) is 5.17. The third kappa shape index (κ3) is 3.50. The number of nitrogens with two attached hydrogens (primary N) is 1. The second-order valence-electron chi connectivity index (χ2n) is 6.00. The van der Waals surface area contributed by atoms with Crippen molar-refractivity contribution < 1.29 is 0 Å². The molecule has 2 N–H and O–H groups in total. The summed E-state index contributed by atoms with van der Waals surface area (Å²) in [7, 11) is 0. The smallest absolute Gasteiger partial charge is 0.0347 e. The number of benzene rings is 1. The average molecular weight is 260 g/mol. The molecule has 0 aliphatic carbocycles. The van der Waals surface area contributed by atoms with Gasteiger partial charge >= 0.3 is 0 Å². The lowest BCUT2D eigenvalue weighted by atomic mass is 9.74. The van der Waals surface area contributed by atoms with Gasteiger partial charge in [0, 0.05) is 12.2 Å². The number of hydrogen-bond donors (Lipinski definition) is 1. The molecule has 19 heavy (non-hydrogen) atoms. The molecule has 0 amide bonds. The summed E-state index contributed by atoms with van der Waals surface area (Å²) in [6.07, 6.45) is 6.48. The van der Waals surface area contributed by atoms with E-state index in [1.54, 1.807) is 0 Å². The van der Waals surface area contributed by atoms with Crippen LogP contribution in [0.25, 0.3) is 0 Å². The van der Waals surface area contributed by atoms with E-state index in [0.717, 1.165) is 18.7 Å². The fourth-order valence-corrected chi connectivity index (χ4v) is 3.25. The lowest BCUT2D eigenvalue weighted by molar-refractivity contribution is 0.0963. The van der Waals surface area contributed by atoms with Crippen molar-refractivity contribution >= 4 is 5.69 Å². The molecule has 0 spiro atoms. The Hall–Kier alpha value is -1.02. The van der Waals surface area contributed by atoms with Crippen molar-refractivity contribution in [3.8, 4) is 0 Å². The topological polar surface area (TPSA) is 29.3 Å². The van der Waals surface area contributed by atoms with Crippen LogP contribution in [0.5, 0.6) is 0 Å². The molecular formula is C17H28N2. The van der Waals surface area contributed by atoms with Gasteiger partial charge in [-0.3, -0.25) is 0 Å². The van der Waals surface area contributed by atoms with Crippen molar-refractivity contribution in [2.75, 3.05) is 25.4 Å². The predicted molar refractivity (Wildman–Crippen MR) is 83.2 cm³/mol. The first-order valence-corrected chi connectivity index (χ1v) is 7.75. The highest BCUT2D eigenvalue weighted by molar-refractivity contribution is 5.46. The molecule has 0 bridgehead atoms. The minimum absolute atomic E-state index is 0.627. The van der Waals surface area contributed by atoms with Crippen molar-refractivity contribution in [2.45, 2.75) is 46.0 Å². The SMILES string of the molecule is CCC1(CC)CCN(CCc2ccccc2N)CC1. The first kappa shape index (κ1) is 14.4. The van der Waals surface area contributed by atoms with Crippen molar-refractivity contribution in [1.82, 2.24) is 4.90 Å². The maximum absolute atomic E-state index is 6.00. The Bertz CT molecular complexity index is 386. The van der Waals surface area contributed by atoms with Crippen LogP contribution in [0.2, 0.25) is 0 Å². The van der Waals surface area contributed by atoms with Crippen LogP contribution in [-0.2, 0) is 6.42 Å². The number of nitrogens with zero attached hydrogens (tertiary/aromatic N) is 1. The lowest BCUT2D eigenvalue weighted by Gasteiger charge is -2.41. The second-order valence-corrected chi connectivity index (χ2v) is 6.00. The maximum atomic E-state index is 6.00. The fourth-order valence-electron chi connectivity index (χ4n) is 3.25. The average Bonchev–Trinajstić information content (AvgIpc) is 2.47. The van der Waals surface area contributed by atoms with Crippen LogP contribution in [0, 0.1) is 5.41 Å². The molecule has 2 heteroatoms. The van der Waals surface area contributed by atoms with Crippen LogP contribution in [0.1, 0.15) is 45.1 Å². The largest absolute Gasteiger partial charge is 0.399 e. The molecule has 2 rings (SSSR count). The molecular weight excluding hydrogens is 232 g/mol. The molecule has 1 fully saturated rings. The first-order chi connectivity index (χ1) is 9.19. The highest BCUT2D eigenvalue weighted by Gasteiger charge is 2.30. The summed E-state index contributed by atoms with van der Waals surface area (Å²) in [6.45, 7) is 8.37. The highest BCUT2D eigenvalue weighted by atomic mass is 15.1. The van der Waals surface area contributed by atoms with E-state index in [0.29, 0.717) is 5.41 Å². The van der Waals surface area contributed by atoms with Crippen molar-refractivity contribution in [3.63, 3.8) is 0 Å². The number of para-hydroxylation sites is 1. The molecule has 1 saturated heterocycles. The molecule has 1 aliphatic rings. The maximum Gasteiger partial charge on any atom is 0.0347 e. The monoisotopic (exact) mass is 260 g/mol. The number of piperidine rings is 1. The molecule has 0 aromatic heterocycles. The molecule has 0 saturated carbocycles. The van der Waals surface area contributed by atoms with E-state index < -0.39 is 0 Å². The van der Waals surface area contributed by atoms with Gasteiger partial charge in [-0.25, -0.2) is 0 Å². The summed E-state index contributed by atoms with van der Waals surface area (Å²) >= 11 is 0. The van der Waals surface area contributed by atoms with Gasteiger partial charge in [-0.15, -0.1) is 0 Å². The molecule has 0 atom stereocenters. The minimum atomic E-state index is 0.627. The number of nitrogen functional groups attached to an aromatic ring is 1. The Morgan fingerprint density at radius 3 is 2.32 bits per heavy atom. The second kappa shape index (κ2) is 6.42. The molecule has 2 nitrogen and oxygen atoms in total. The zero-order chi connectivity index (χ0) is 13.7. The summed E-state index contributed by atoms with van der Waals surface area (Å²) in [6, 6.07) is 8.25. The third-order valence-electron chi connectivity index (χ3n) is 5.17. The Labute approximate surface area is 118 Å². The predicted octanol–water partition coefficient (Wildman–Crippen LogP) is 3.71. The number of hydrogen-bond acceptors (Lipinski definition) is 2. The van der Waals surface area contributed by atoms with Gasteiger partial charge in [0.2, 0.25) is 0 Å². The zero-order valence-corrected chi connectivity index (χ0v) is 12.5. The van der Waals surface area contributed by atoms with Gasteiger partial charge in [0.15, 0.2) is 0 Å². The Kier molecular flexibility index (Phi) is 4.87. The van der Waals surface area contributed by atoms with Crippen LogP contribution in [0.3, 0.4) is 0 Å². The van der Waals surface area contributed by atoms with E-state index in [4.69, 9.17) is 5.73 Å². The van der Waals surface area contributed by atoms with Crippen molar-refractivity contribution in [2.24, 2.45) is 5.41 Å². The van der Waals surface area contributed by atoms with Gasteiger partial charge in [-0.2, -0.15) is 0 Å². The lowest BCUT2D eigenvalue weighted by Crippen LogP contribution is -2.40. The number of rotatable bonds is 5. The first-order valence-electron chi connectivity index (χ1n) is 7.75. The van der Waals surface area contributed by atoms with Crippen LogP contribution in [-0.4, -0.2) is 24.5 Å².